The zero-order valence-electron chi connectivity index (χ0n) is 10.8. The van der Waals surface area contributed by atoms with Gasteiger partial charge in [0.05, 0.1) is 12.2 Å². The molecule has 0 spiro atoms. The van der Waals surface area contributed by atoms with Gasteiger partial charge in [-0.3, -0.25) is 0 Å². The topological polar surface area (TPSA) is 42.7 Å². The normalized spacial score (nSPS) is 15.9. The van der Waals surface area contributed by atoms with Crippen molar-refractivity contribution >= 4 is 0 Å². The summed E-state index contributed by atoms with van der Waals surface area (Å²) >= 11 is 0. The molecule has 4 nitrogen and oxygen atoms in total. The van der Waals surface area contributed by atoms with Gasteiger partial charge in [-0.25, -0.2) is 4.68 Å². The van der Waals surface area contributed by atoms with Crippen molar-refractivity contribution in [1.82, 2.24) is 20.3 Å². The van der Waals surface area contributed by atoms with Crippen molar-refractivity contribution in [1.29, 1.82) is 0 Å². The molecule has 0 atom stereocenters. The molecule has 94 valence electrons. The van der Waals surface area contributed by atoms with Crippen molar-refractivity contribution in [2.45, 2.75) is 25.8 Å². The van der Waals surface area contributed by atoms with Gasteiger partial charge in [0.25, 0.3) is 0 Å². The van der Waals surface area contributed by atoms with E-state index in [1.807, 2.05) is 10.9 Å². The summed E-state index contributed by atoms with van der Waals surface area (Å²) in [6.45, 7) is 6.40. The van der Waals surface area contributed by atoms with Crippen LogP contribution in [0.3, 0.4) is 0 Å². The van der Waals surface area contributed by atoms with Crippen molar-refractivity contribution < 1.29 is 0 Å². The summed E-state index contributed by atoms with van der Waals surface area (Å²) in [5.41, 5.74) is 3.45. The molecule has 0 bridgehead atoms. The molecule has 1 aliphatic heterocycles. The Balaban J connectivity index is 1.83. The first kappa shape index (κ1) is 11.4. The van der Waals surface area contributed by atoms with Crippen LogP contribution in [-0.2, 0) is 0 Å². The molecule has 4 heteroatoms. The van der Waals surface area contributed by atoms with E-state index in [2.05, 4.69) is 53.7 Å². The van der Waals surface area contributed by atoms with Gasteiger partial charge in [-0.05, 0) is 11.5 Å². The highest BCUT2D eigenvalue weighted by Gasteiger charge is 2.20. The van der Waals surface area contributed by atoms with Crippen molar-refractivity contribution in [2.24, 2.45) is 0 Å². The summed E-state index contributed by atoms with van der Waals surface area (Å²) in [4.78, 5) is 0. The summed E-state index contributed by atoms with van der Waals surface area (Å²) in [5.74, 6) is 0.566. The number of hydrogen-bond donors (Lipinski definition) is 1. The second-order valence-electron chi connectivity index (χ2n) is 5.17. The molecule has 1 saturated heterocycles. The van der Waals surface area contributed by atoms with Crippen LogP contribution in [0.15, 0.2) is 30.5 Å². The lowest BCUT2D eigenvalue weighted by Gasteiger charge is -2.26. The third-order valence-electron chi connectivity index (χ3n) is 3.52. The number of nitrogens with zero attached hydrogens (tertiary/aromatic N) is 3. The summed E-state index contributed by atoms with van der Waals surface area (Å²) in [6, 6.07) is 9.07. The van der Waals surface area contributed by atoms with Gasteiger partial charge >= 0.3 is 0 Å². The van der Waals surface area contributed by atoms with E-state index in [0.717, 1.165) is 24.3 Å². The highest BCUT2D eigenvalue weighted by molar-refractivity contribution is 5.58. The van der Waals surface area contributed by atoms with E-state index >= 15 is 0 Å². The van der Waals surface area contributed by atoms with Gasteiger partial charge in [0.15, 0.2) is 0 Å². The van der Waals surface area contributed by atoms with Crippen molar-refractivity contribution in [3.05, 3.63) is 36.0 Å². The molecular formula is C14H18N4. The maximum absolute atomic E-state index is 4.25. The minimum Gasteiger partial charge on any atom is -0.312 e. The maximum Gasteiger partial charge on any atom is 0.113 e. The van der Waals surface area contributed by atoms with Crippen LogP contribution in [0.4, 0.5) is 0 Å². The van der Waals surface area contributed by atoms with Gasteiger partial charge in [0.1, 0.15) is 5.69 Å². The second-order valence-corrected chi connectivity index (χ2v) is 5.17. The maximum atomic E-state index is 4.25. The van der Waals surface area contributed by atoms with Gasteiger partial charge in [-0.1, -0.05) is 43.3 Å². The van der Waals surface area contributed by atoms with E-state index in [-0.39, 0.29) is 0 Å². The van der Waals surface area contributed by atoms with Gasteiger partial charge in [-0.15, -0.1) is 5.10 Å². The number of rotatable bonds is 3. The van der Waals surface area contributed by atoms with E-state index < -0.39 is 0 Å². The largest absolute Gasteiger partial charge is 0.312 e. The first-order valence-corrected chi connectivity index (χ1v) is 6.47. The van der Waals surface area contributed by atoms with Gasteiger partial charge in [-0.2, -0.15) is 0 Å². The Kier molecular flexibility index (Phi) is 2.88. The Morgan fingerprint density at radius 1 is 1.22 bits per heavy atom. The average molecular weight is 242 g/mol. The second kappa shape index (κ2) is 4.53. The Bertz CT molecular complexity index is 523. The molecule has 0 amide bonds. The first-order chi connectivity index (χ1) is 8.74. The molecule has 1 fully saturated rings. The molecule has 0 unspecified atom stereocenters. The molecule has 18 heavy (non-hydrogen) atoms. The molecule has 1 aliphatic rings. The molecule has 2 aromatic rings. The first-order valence-electron chi connectivity index (χ1n) is 6.47. The van der Waals surface area contributed by atoms with Gasteiger partial charge < -0.3 is 5.32 Å². The predicted octanol–water partition coefficient (Wildman–Crippen LogP) is 2.21. The zero-order chi connectivity index (χ0) is 12.5. The smallest absolute Gasteiger partial charge is 0.113 e. The number of hydrogen-bond acceptors (Lipinski definition) is 3. The van der Waals surface area contributed by atoms with Gasteiger partial charge in [0.2, 0.25) is 0 Å². The third kappa shape index (κ3) is 2.04. The van der Waals surface area contributed by atoms with Crippen molar-refractivity contribution in [3.8, 4) is 11.3 Å². The molecule has 1 aromatic carbocycles. The lowest BCUT2D eigenvalue weighted by molar-refractivity contribution is 0.313. The molecule has 0 radical (unpaired) electrons. The van der Waals surface area contributed by atoms with E-state index in [1.54, 1.807) is 0 Å². The van der Waals surface area contributed by atoms with Crippen LogP contribution >= 0.6 is 0 Å². The highest BCUT2D eigenvalue weighted by atomic mass is 15.4. The SMILES string of the molecule is CC(C)c1ccc(-c2cn(C3CNC3)nn2)cc1. The Morgan fingerprint density at radius 2 is 1.94 bits per heavy atom. The molecule has 0 aliphatic carbocycles. The molecule has 1 aromatic heterocycles. The van der Waals surface area contributed by atoms with E-state index in [0.29, 0.717) is 12.0 Å². The Morgan fingerprint density at radius 3 is 2.50 bits per heavy atom. The van der Waals surface area contributed by atoms with Crippen LogP contribution in [0.1, 0.15) is 31.4 Å². The van der Waals surface area contributed by atoms with Crippen LogP contribution in [-0.4, -0.2) is 28.1 Å². The van der Waals surface area contributed by atoms with Gasteiger partial charge in [0, 0.05) is 18.7 Å². The summed E-state index contributed by atoms with van der Waals surface area (Å²) in [7, 11) is 0. The molecule has 1 N–H and O–H groups in total. The molecule has 3 rings (SSSR count). The third-order valence-corrected chi connectivity index (χ3v) is 3.52. The fourth-order valence-electron chi connectivity index (χ4n) is 2.09. The van der Waals surface area contributed by atoms with Crippen LogP contribution in [0, 0.1) is 0 Å². The lowest BCUT2D eigenvalue weighted by atomic mass is 10.0. The quantitative estimate of drug-likeness (QED) is 0.897. The van der Waals surface area contributed by atoms with Crippen LogP contribution < -0.4 is 5.32 Å². The van der Waals surface area contributed by atoms with Crippen molar-refractivity contribution in [3.63, 3.8) is 0 Å². The molecular weight excluding hydrogens is 224 g/mol. The van der Waals surface area contributed by atoms with Crippen LogP contribution in [0.25, 0.3) is 11.3 Å². The highest BCUT2D eigenvalue weighted by Crippen LogP contribution is 2.22. The van der Waals surface area contributed by atoms with Crippen LogP contribution in [0.5, 0.6) is 0 Å². The fraction of sp³-hybridized carbons (Fsp3) is 0.429. The number of nitrogens with one attached hydrogen (secondary N) is 1. The predicted molar refractivity (Wildman–Crippen MR) is 71.5 cm³/mol. The average Bonchev–Trinajstić information content (AvgIpc) is 2.76. The number of benzene rings is 1. The standard InChI is InChI=1S/C14H18N4/c1-10(2)11-3-5-12(6-4-11)14-9-18(17-16-14)13-7-15-8-13/h3-6,9-10,13,15H,7-8H2,1-2H3. The molecule has 0 saturated carbocycles. The minimum absolute atomic E-state index is 0.473. The fourth-order valence-corrected chi connectivity index (χ4v) is 2.09. The Labute approximate surface area is 107 Å². The summed E-state index contributed by atoms with van der Waals surface area (Å²) < 4.78 is 1.96. The van der Waals surface area contributed by atoms with E-state index in [4.69, 9.17) is 0 Å². The Hall–Kier alpha value is -1.68. The number of aromatic nitrogens is 3. The summed E-state index contributed by atoms with van der Waals surface area (Å²) in [6.07, 6.45) is 2.04. The zero-order valence-corrected chi connectivity index (χ0v) is 10.8. The van der Waals surface area contributed by atoms with E-state index in [9.17, 15) is 0 Å². The van der Waals surface area contributed by atoms with Crippen molar-refractivity contribution in [2.75, 3.05) is 13.1 Å². The minimum atomic E-state index is 0.473. The molecule has 2 heterocycles. The summed E-state index contributed by atoms with van der Waals surface area (Å²) in [5, 5.41) is 11.7. The van der Waals surface area contributed by atoms with E-state index in [1.165, 1.54) is 5.56 Å². The lowest BCUT2D eigenvalue weighted by Crippen LogP contribution is -2.43. The van der Waals surface area contributed by atoms with Crippen LogP contribution in [0.2, 0.25) is 0 Å². The monoisotopic (exact) mass is 242 g/mol.